The summed E-state index contributed by atoms with van der Waals surface area (Å²) in [5, 5.41) is 21.2. The topological polar surface area (TPSA) is 40.5 Å². The van der Waals surface area contributed by atoms with Crippen molar-refractivity contribution < 1.29 is 10.2 Å². The molecule has 0 bridgehead atoms. The Bertz CT molecular complexity index is 443. The van der Waals surface area contributed by atoms with Crippen LogP contribution in [0.2, 0.25) is 0 Å². The fourth-order valence-corrected chi connectivity index (χ4v) is 4.75. The number of rotatable bonds is 1. The van der Waals surface area contributed by atoms with Crippen LogP contribution in [0.1, 0.15) is 72.6 Å². The maximum atomic E-state index is 10.6. The van der Waals surface area contributed by atoms with E-state index in [4.69, 9.17) is 0 Å². The predicted octanol–water partition coefficient (Wildman–Crippen LogP) is 4.62. The summed E-state index contributed by atoms with van der Waals surface area (Å²) < 4.78 is 0. The van der Waals surface area contributed by atoms with Crippen molar-refractivity contribution in [1.29, 1.82) is 0 Å². The van der Waals surface area contributed by atoms with Gasteiger partial charge in [0.05, 0.1) is 11.7 Å². The summed E-state index contributed by atoms with van der Waals surface area (Å²) in [5.74, 6) is 0.794. The third kappa shape index (κ3) is 3.83. The van der Waals surface area contributed by atoms with Crippen LogP contribution in [-0.2, 0) is 0 Å². The quantitative estimate of drug-likeness (QED) is 0.694. The summed E-state index contributed by atoms with van der Waals surface area (Å²) in [6.45, 7) is 12.5. The summed E-state index contributed by atoms with van der Waals surface area (Å²) in [5.41, 5.74) is 1.88. The van der Waals surface area contributed by atoms with Crippen molar-refractivity contribution in [1.82, 2.24) is 0 Å². The molecule has 0 aliphatic heterocycles. The van der Waals surface area contributed by atoms with E-state index < -0.39 is 11.7 Å². The van der Waals surface area contributed by atoms with Crippen LogP contribution in [0.5, 0.6) is 0 Å². The van der Waals surface area contributed by atoms with Gasteiger partial charge in [-0.3, -0.25) is 0 Å². The van der Waals surface area contributed by atoms with Crippen LogP contribution in [0.4, 0.5) is 0 Å². The van der Waals surface area contributed by atoms with Crippen molar-refractivity contribution in [2.75, 3.05) is 0 Å². The van der Waals surface area contributed by atoms with Gasteiger partial charge in [-0.2, -0.15) is 0 Å². The predicted molar refractivity (Wildman–Crippen MR) is 92.6 cm³/mol. The van der Waals surface area contributed by atoms with Gasteiger partial charge in [0.25, 0.3) is 0 Å². The zero-order chi connectivity index (χ0) is 16.5. The molecule has 0 aromatic rings. The molecule has 0 heterocycles. The van der Waals surface area contributed by atoms with Crippen LogP contribution in [0.3, 0.4) is 0 Å². The lowest BCUT2D eigenvalue weighted by molar-refractivity contribution is -0.0226. The van der Waals surface area contributed by atoms with Gasteiger partial charge in [-0.1, -0.05) is 25.2 Å². The second-order valence-corrected chi connectivity index (χ2v) is 8.57. The molecule has 0 saturated heterocycles. The highest BCUT2D eigenvalue weighted by atomic mass is 16.3. The van der Waals surface area contributed by atoms with Crippen molar-refractivity contribution in [2.24, 2.45) is 17.3 Å². The normalized spacial score (nSPS) is 40.5. The Morgan fingerprint density at radius 2 is 1.95 bits per heavy atom. The summed E-state index contributed by atoms with van der Waals surface area (Å²) in [7, 11) is 0. The van der Waals surface area contributed by atoms with Gasteiger partial charge >= 0.3 is 0 Å². The van der Waals surface area contributed by atoms with E-state index in [0.717, 1.165) is 50.5 Å². The van der Waals surface area contributed by atoms with Crippen LogP contribution >= 0.6 is 0 Å². The smallest absolute Gasteiger partial charge is 0.0752 e. The third-order valence-electron chi connectivity index (χ3n) is 6.25. The van der Waals surface area contributed by atoms with E-state index in [0.29, 0.717) is 11.8 Å². The van der Waals surface area contributed by atoms with Gasteiger partial charge in [-0.25, -0.2) is 0 Å². The van der Waals surface area contributed by atoms with Crippen molar-refractivity contribution in [3.63, 3.8) is 0 Å². The van der Waals surface area contributed by atoms with Crippen molar-refractivity contribution in [2.45, 2.75) is 84.3 Å². The van der Waals surface area contributed by atoms with Gasteiger partial charge in [0.2, 0.25) is 0 Å². The molecule has 0 radical (unpaired) electrons. The number of hydrogen-bond donors (Lipinski definition) is 2. The van der Waals surface area contributed by atoms with Gasteiger partial charge in [0.1, 0.15) is 0 Å². The Morgan fingerprint density at radius 3 is 2.59 bits per heavy atom. The van der Waals surface area contributed by atoms with E-state index in [1.54, 1.807) is 0 Å². The zero-order valence-corrected chi connectivity index (χ0v) is 14.9. The molecule has 22 heavy (non-hydrogen) atoms. The molecule has 0 aromatic carbocycles. The molecule has 4 atom stereocenters. The molecule has 2 aliphatic carbocycles. The second-order valence-electron chi connectivity index (χ2n) is 8.57. The minimum Gasteiger partial charge on any atom is -0.390 e. The standard InChI is InChI=1S/C20H34O2/c1-14-7-6-8-15(2)18(21)13-20(5)12-11-16(19(3,4)22)17(20)10-9-14/h7,16-18,21-22H,2,6,8-13H2,1,3-5H3/b14-7+/t16-,17+,18+,20-/m1/s1. The van der Waals surface area contributed by atoms with Gasteiger partial charge in [0.15, 0.2) is 0 Å². The van der Waals surface area contributed by atoms with Crippen molar-refractivity contribution >= 4 is 0 Å². The monoisotopic (exact) mass is 306 g/mol. The molecule has 126 valence electrons. The highest BCUT2D eigenvalue weighted by Crippen LogP contribution is 2.55. The highest BCUT2D eigenvalue weighted by Gasteiger charge is 2.50. The van der Waals surface area contributed by atoms with Gasteiger partial charge in [0, 0.05) is 0 Å². The van der Waals surface area contributed by atoms with Gasteiger partial charge in [-0.15, -0.1) is 0 Å². The maximum Gasteiger partial charge on any atom is 0.0752 e. The Labute approximate surface area is 136 Å². The fraction of sp³-hybridized carbons (Fsp3) is 0.800. The van der Waals surface area contributed by atoms with Crippen LogP contribution in [0, 0.1) is 17.3 Å². The van der Waals surface area contributed by atoms with E-state index in [1.807, 2.05) is 13.8 Å². The average Bonchev–Trinajstić information content (AvgIpc) is 2.71. The first-order chi connectivity index (χ1) is 10.1. The summed E-state index contributed by atoms with van der Waals surface area (Å²) in [6.07, 6.45) is 8.94. The van der Waals surface area contributed by atoms with Crippen molar-refractivity contribution in [3.05, 3.63) is 23.8 Å². The minimum absolute atomic E-state index is 0.109. The lowest BCUT2D eigenvalue weighted by Gasteiger charge is -2.40. The molecule has 2 rings (SSSR count). The van der Waals surface area contributed by atoms with E-state index >= 15 is 0 Å². The number of aliphatic hydroxyl groups is 2. The second kappa shape index (κ2) is 6.49. The van der Waals surface area contributed by atoms with Crippen LogP contribution < -0.4 is 0 Å². The van der Waals surface area contributed by atoms with E-state index in [9.17, 15) is 10.2 Å². The summed E-state index contributed by atoms with van der Waals surface area (Å²) in [6, 6.07) is 0. The van der Waals surface area contributed by atoms with Crippen LogP contribution in [-0.4, -0.2) is 21.9 Å². The molecule has 2 aliphatic rings. The SMILES string of the molecule is C=C1CC/C=C(\C)CC[C@H]2[C@H](C(C)(C)O)CC[C@]2(C)C[C@@H]1O. The van der Waals surface area contributed by atoms with E-state index in [2.05, 4.69) is 26.5 Å². The van der Waals surface area contributed by atoms with E-state index in [1.165, 1.54) is 5.57 Å². The Hall–Kier alpha value is -0.600. The highest BCUT2D eigenvalue weighted by molar-refractivity contribution is 5.11. The Morgan fingerprint density at radius 1 is 1.27 bits per heavy atom. The molecule has 0 amide bonds. The Balaban J connectivity index is 2.30. The molecule has 0 aromatic heterocycles. The summed E-state index contributed by atoms with van der Waals surface area (Å²) >= 11 is 0. The van der Waals surface area contributed by atoms with Gasteiger partial charge in [-0.05, 0) is 88.5 Å². The molecule has 1 saturated carbocycles. The fourth-order valence-electron chi connectivity index (χ4n) is 4.75. The maximum absolute atomic E-state index is 10.6. The van der Waals surface area contributed by atoms with Crippen LogP contribution in [0.15, 0.2) is 23.8 Å². The first-order valence-corrected chi connectivity index (χ1v) is 8.87. The number of aliphatic hydroxyl groups excluding tert-OH is 1. The number of hydrogen-bond acceptors (Lipinski definition) is 2. The lowest BCUT2D eigenvalue weighted by atomic mass is 9.67. The molecule has 2 heteroatoms. The van der Waals surface area contributed by atoms with E-state index in [-0.39, 0.29) is 5.41 Å². The third-order valence-corrected chi connectivity index (χ3v) is 6.25. The number of allylic oxidation sites excluding steroid dienone is 2. The van der Waals surface area contributed by atoms with Crippen LogP contribution in [0.25, 0.3) is 0 Å². The molecule has 2 N–H and O–H groups in total. The molecule has 0 spiro atoms. The Kier molecular flexibility index (Phi) is 5.23. The lowest BCUT2D eigenvalue weighted by Crippen LogP contribution is -2.38. The molecule has 2 nitrogen and oxygen atoms in total. The first-order valence-electron chi connectivity index (χ1n) is 8.87. The average molecular weight is 306 g/mol. The molecular weight excluding hydrogens is 272 g/mol. The molecular formula is C20H34O2. The summed E-state index contributed by atoms with van der Waals surface area (Å²) in [4.78, 5) is 0. The van der Waals surface area contributed by atoms with Crippen molar-refractivity contribution in [3.8, 4) is 0 Å². The minimum atomic E-state index is -0.637. The molecule has 0 unspecified atom stereocenters. The number of fused-ring (bicyclic) bond motifs is 1. The zero-order valence-electron chi connectivity index (χ0n) is 14.9. The first kappa shape index (κ1) is 17.7. The largest absolute Gasteiger partial charge is 0.390 e. The molecule has 1 fully saturated rings. The van der Waals surface area contributed by atoms with Gasteiger partial charge < -0.3 is 10.2 Å².